The summed E-state index contributed by atoms with van der Waals surface area (Å²) < 4.78 is 5.46. The smallest absolute Gasteiger partial charge is 0.298 e. The molecule has 0 saturated heterocycles. The van der Waals surface area contributed by atoms with Crippen LogP contribution in [0.2, 0.25) is 0 Å². The van der Waals surface area contributed by atoms with Crippen LogP contribution in [-0.4, -0.2) is 22.5 Å². The Kier molecular flexibility index (Phi) is 3.96. The molecule has 0 saturated carbocycles. The van der Waals surface area contributed by atoms with Crippen molar-refractivity contribution in [2.75, 3.05) is 11.9 Å². The summed E-state index contributed by atoms with van der Waals surface area (Å²) in [5.74, 6) is 0. The highest BCUT2D eigenvalue weighted by Crippen LogP contribution is 2.27. The highest BCUT2D eigenvalue weighted by Gasteiger charge is 2.18. The molecule has 19 heavy (non-hydrogen) atoms. The summed E-state index contributed by atoms with van der Waals surface area (Å²) in [7, 11) is 0. The maximum absolute atomic E-state index is 10.9. The van der Waals surface area contributed by atoms with E-state index in [-0.39, 0.29) is 23.3 Å². The quantitative estimate of drug-likeness (QED) is 0.612. The number of nitrogens with zero attached hydrogens (tertiary/aromatic N) is 2. The van der Waals surface area contributed by atoms with Gasteiger partial charge in [0.05, 0.1) is 4.92 Å². The molecule has 0 bridgehead atoms. The van der Waals surface area contributed by atoms with Crippen LogP contribution in [0.5, 0.6) is 0 Å². The molecule has 0 spiro atoms. The van der Waals surface area contributed by atoms with Gasteiger partial charge in [0.15, 0.2) is 11.1 Å². The number of aromatic nitrogens is 1. The van der Waals surface area contributed by atoms with E-state index >= 15 is 0 Å². The second kappa shape index (κ2) is 5.66. The van der Waals surface area contributed by atoms with E-state index in [1.165, 1.54) is 6.07 Å². The van der Waals surface area contributed by atoms with Gasteiger partial charge in [-0.1, -0.05) is 19.4 Å². The standard InChI is InChI=1S/C12H16N4O3/c1-2-4-8(7-13)14-12-15-11-9(16(17)18)5-3-6-10(11)19-12/h3,5-6,8H,2,4,7,13H2,1H3,(H,14,15). The SMILES string of the molecule is CCCC(CN)Nc1nc2c([N+](=O)[O-])cccc2o1. The van der Waals surface area contributed by atoms with Gasteiger partial charge in [-0.05, 0) is 12.5 Å². The first-order valence-electron chi connectivity index (χ1n) is 6.16. The summed E-state index contributed by atoms with van der Waals surface area (Å²) in [5.41, 5.74) is 6.22. The van der Waals surface area contributed by atoms with Crippen LogP contribution in [0.25, 0.3) is 11.1 Å². The van der Waals surface area contributed by atoms with Crippen molar-refractivity contribution in [3.63, 3.8) is 0 Å². The molecule has 1 unspecified atom stereocenters. The summed E-state index contributed by atoms with van der Waals surface area (Å²) in [6.45, 7) is 2.51. The van der Waals surface area contributed by atoms with Gasteiger partial charge < -0.3 is 15.5 Å². The van der Waals surface area contributed by atoms with Gasteiger partial charge in [-0.2, -0.15) is 4.98 Å². The van der Waals surface area contributed by atoms with Gasteiger partial charge in [0.2, 0.25) is 0 Å². The lowest BCUT2D eigenvalue weighted by molar-refractivity contribution is -0.383. The third-order valence-electron chi connectivity index (χ3n) is 2.84. The van der Waals surface area contributed by atoms with Gasteiger partial charge in [0.25, 0.3) is 11.7 Å². The molecule has 1 aromatic carbocycles. The number of rotatable bonds is 6. The van der Waals surface area contributed by atoms with E-state index in [0.29, 0.717) is 12.1 Å². The van der Waals surface area contributed by atoms with Crippen molar-refractivity contribution in [3.8, 4) is 0 Å². The fraction of sp³-hybridized carbons (Fsp3) is 0.417. The van der Waals surface area contributed by atoms with E-state index in [4.69, 9.17) is 10.2 Å². The monoisotopic (exact) mass is 264 g/mol. The first-order chi connectivity index (χ1) is 9.15. The van der Waals surface area contributed by atoms with Crippen LogP contribution >= 0.6 is 0 Å². The number of nitrogens with two attached hydrogens (primary N) is 1. The molecule has 2 rings (SSSR count). The molecule has 0 aliphatic carbocycles. The number of benzene rings is 1. The van der Waals surface area contributed by atoms with Crippen molar-refractivity contribution >= 4 is 22.8 Å². The van der Waals surface area contributed by atoms with Crippen molar-refractivity contribution in [3.05, 3.63) is 28.3 Å². The first kappa shape index (κ1) is 13.3. The van der Waals surface area contributed by atoms with Gasteiger partial charge in [-0.25, -0.2) is 0 Å². The van der Waals surface area contributed by atoms with Crippen LogP contribution in [0.3, 0.4) is 0 Å². The Balaban J connectivity index is 2.31. The minimum atomic E-state index is -0.471. The molecule has 0 aliphatic heterocycles. The molecule has 1 heterocycles. The Hall–Kier alpha value is -2.15. The third kappa shape index (κ3) is 2.82. The van der Waals surface area contributed by atoms with E-state index in [2.05, 4.69) is 17.2 Å². The van der Waals surface area contributed by atoms with Crippen LogP contribution in [-0.2, 0) is 0 Å². The van der Waals surface area contributed by atoms with Crippen LogP contribution in [0.1, 0.15) is 19.8 Å². The minimum Gasteiger partial charge on any atom is -0.423 e. The van der Waals surface area contributed by atoms with E-state index in [1.807, 2.05) is 0 Å². The van der Waals surface area contributed by atoms with Crippen molar-refractivity contribution in [1.82, 2.24) is 4.98 Å². The number of para-hydroxylation sites is 1. The molecule has 7 nitrogen and oxygen atoms in total. The number of oxazole rings is 1. The highest BCUT2D eigenvalue weighted by atomic mass is 16.6. The Morgan fingerprint density at radius 2 is 2.37 bits per heavy atom. The van der Waals surface area contributed by atoms with Crippen LogP contribution in [0.15, 0.2) is 22.6 Å². The van der Waals surface area contributed by atoms with Crippen molar-refractivity contribution in [2.45, 2.75) is 25.8 Å². The molecule has 7 heteroatoms. The highest BCUT2D eigenvalue weighted by molar-refractivity contribution is 5.84. The summed E-state index contributed by atoms with van der Waals surface area (Å²) in [5, 5.41) is 13.9. The maximum atomic E-state index is 10.9. The predicted octanol–water partition coefficient (Wildman–Crippen LogP) is 2.28. The number of nitro benzene ring substituents is 1. The average molecular weight is 264 g/mol. The Morgan fingerprint density at radius 1 is 1.58 bits per heavy atom. The number of hydrogen-bond acceptors (Lipinski definition) is 6. The first-order valence-corrected chi connectivity index (χ1v) is 6.16. The van der Waals surface area contributed by atoms with Crippen LogP contribution in [0.4, 0.5) is 11.7 Å². The molecule has 0 radical (unpaired) electrons. The fourth-order valence-electron chi connectivity index (χ4n) is 1.92. The minimum absolute atomic E-state index is 0.0529. The normalized spacial score (nSPS) is 12.5. The van der Waals surface area contributed by atoms with Crippen molar-refractivity contribution in [2.24, 2.45) is 5.73 Å². The summed E-state index contributed by atoms with van der Waals surface area (Å²) in [4.78, 5) is 14.5. The van der Waals surface area contributed by atoms with Gasteiger partial charge in [0, 0.05) is 18.7 Å². The maximum Gasteiger partial charge on any atom is 0.298 e. The Labute approximate surface area is 109 Å². The number of anilines is 1. The molecule has 0 amide bonds. The zero-order chi connectivity index (χ0) is 13.8. The Morgan fingerprint density at radius 3 is 3.00 bits per heavy atom. The van der Waals surface area contributed by atoms with Crippen LogP contribution < -0.4 is 11.1 Å². The van der Waals surface area contributed by atoms with Gasteiger partial charge in [0.1, 0.15) is 0 Å². The number of fused-ring (bicyclic) bond motifs is 1. The average Bonchev–Trinajstić information content (AvgIpc) is 2.79. The summed E-state index contributed by atoms with van der Waals surface area (Å²) in [6.07, 6.45) is 1.87. The zero-order valence-corrected chi connectivity index (χ0v) is 10.6. The largest absolute Gasteiger partial charge is 0.423 e. The molecule has 2 aromatic rings. The zero-order valence-electron chi connectivity index (χ0n) is 10.6. The van der Waals surface area contributed by atoms with E-state index < -0.39 is 4.92 Å². The van der Waals surface area contributed by atoms with E-state index in [9.17, 15) is 10.1 Å². The lowest BCUT2D eigenvalue weighted by atomic mass is 10.2. The Bertz CT molecular complexity index is 581. The molecular formula is C12H16N4O3. The summed E-state index contributed by atoms with van der Waals surface area (Å²) in [6, 6.07) is 4.95. The predicted molar refractivity (Wildman–Crippen MR) is 72.0 cm³/mol. The lowest BCUT2D eigenvalue weighted by Crippen LogP contribution is -2.28. The second-order valence-corrected chi connectivity index (χ2v) is 4.27. The number of hydrogen-bond donors (Lipinski definition) is 2. The molecule has 1 atom stereocenters. The molecule has 0 aliphatic rings. The van der Waals surface area contributed by atoms with Gasteiger partial charge in [-0.3, -0.25) is 10.1 Å². The number of nitro groups is 1. The number of non-ortho nitro benzene ring substituents is 1. The second-order valence-electron chi connectivity index (χ2n) is 4.27. The molecule has 1 aromatic heterocycles. The lowest BCUT2D eigenvalue weighted by Gasteiger charge is -2.13. The molecule has 0 fully saturated rings. The molecule has 102 valence electrons. The molecular weight excluding hydrogens is 248 g/mol. The third-order valence-corrected chi connectivity index (χ3v) is 2.84. The van der Waals surface area contributed by atoms with Crippen molar-refractivity contribution in [1.29, 1.82) is 0 Å². The van der Waals surface area contributed by atoms with Gasteiger partial charge >= 0.3 is 0 Å². The topological polar surface area (TPSA) is 107 Å². The fourth-order valence-corrected chi connectivity index (χ4v) is 1.92. The molecule has 3 N–H and O–H groups in total. The van der Waals surface area contributed by atoms with E-state index in [1.54, 1.807) is 12.1 Å². The van der Waals surface area contributed by atoms with Gasteiger partial charge in [-0.15, -0.1) is 0 Å². The van der Waals surface area contributed by atoms with Crippen molar-refractivity contribution < 1.29 is 9.34 Å². The van der Waals surface area contributed by atoms with E-state index in [0.717, 1.165) is 12.8 Å². The van der Waals surface area contributed by atoms with Crippen LogP contribution in [0, 0.1) is 10.1 Å². The number of nitrogens with one attached hydrogen (secondary N) is 1. The summed E-state index contributed by atoms with van der Waals surface area (Å²) >= 11 is 0.